The predicted molar refractivity (Wildman–Crippen MR) is 61.6 cm³/mol. The van der Waals surface area contributed by atoms with Crippen molar-refractivity contribution in [3.63, 3.8) is 0 Å². The van der Waals surface area contributed by atoms with Gasteiger partial charge in [-0.1, -0.05) is 0 Å². The van der Waals surface area contributed by atoms with Gasteiger partial charge in [0.2, 0.25) is 0 Å². The van der Waals surface area contributed by atoms with Crippen LogP contribution in [0.4, 0.5) is 0 Å². The van der Waals surface area contributed by atoms with Crippen LogP contribution < -0.4 is 5.32 Å². The molecule has 1 atom stereocenters. The Labute approximate surface area is 91.2 Å². The summed E-state index contributed by atoms with van der Waals surface area (Å²) in [6, 6.07) is 0. The zero-order valence-corrected chi connectivity index (χ0v) is 10.0. The normalized spacial score (nSPS) is 33.4. The van der Waals surface area contributed by atoms with Gasteiger partial charge in [0.1, 0.15) is 6.23 Å². The molecule has 2 aliphatic heterocycles. The summed E-state index contributed by atoms with van der Waals surface area (Å²) < 4.78 is 5.75. The Bertz CT molecular complexity index is 190. The Kier molecular flexibility index (Phi) is 3.40. The van der Waals surface area contributed by atoms with E-state index < -0.39 is 0 Å². The van der Waals surface area contributed by atoms with E-state index >= 15 is 0 Å². The average molecular weight is 215 g/mol. The molecule has 0 radical (unpaired) electrons. The third kappa shape index (κ3) is 2.88. The minimum atomic E-state index is 0.189. The standard InChI is InChI=1S/C11H21NOS/c1-11(2)8-13-10(12-11)7-9-3-5-14-6-4-9/h9-10,12H,3-8H2,1-2H3. The van der Waals surface area contributed by atoms with Crippen molar-refractivity contribution < 1.29 is 4.74 Å². The fourth-order valence-corrected chi connectivity index (χ4v) is 3.44. The molecular formula is C11H21NOS. The molecule has 2 saturated heterocycles. The quantitative estimate of drug-likeness (QED) is 0.763. The minimum absolute atomic E-state index is 0.189. The first-order chi connectivity index (χ1) is 6.66. The number of hydrogen-bond acceptors (Lipinski definition) is 3. The number of thioether (sulfide) groups is 1. The van der Waals surface area contributed by atoms with E-state index in [2.05, 4.69) is 30.9 Å². The largest absolute Gasteiger partial charge is 0.361 e. The van der Waals surface area contributed by atoms with Gasteiger partial charge >= 0.3 is 0 Å². The molecule has 1 unspecified atom stereocenters. The molecule has 2 heterocycles. The third-order valence-electron chi connectivity index (χ3n) is 3.09. The van der Waals surface area contributed by atoms with Crippen molar-refractivity contribution in [2.24, 2.45) is 5.92 Å². The van der Waals surface area contributed by atoms with Crippen LogP contribution in [0.2, 0.25) is 0 Å². The van der Waals surface area contributed by atoms with Crippen LogP contribution in [0.15, 0.2) is 0 Å². The summed E-state index contributed by atoms with van der Waals surface area (Å²) in [5, 5.41) is 3.55. The molecule has 3 heteroatoms. The van der Waals surface area contributed by atoms with Crippen molar-refractivity contribution in [3.8, 4) is 0 Å². The highest BCUT2D eigenvalue weighted by molar-refractivity contribution is 7.99. The van der Waals surface area contributed by atoms with Crippen molar-refractivity contribution in [2.75, 3.05) is 18.1 Å². The Morgan fingerprint density at radius 3 is 2.64 bits per heavy atom. The zero-order valence-electron chi connectivity index (χ0n) is 9.21. The fraction of sp³-hybridized carbons (Fsp3) is 1.00. The molecule has 2 fully saturated rings. The van der Waals surface area contributed by atoms with Gasteiger partial charge in [-0.2, -0.15) is 11.8 Å². The Morgan fingerprint density at radius 2 is 2.07 bits per heavy atom. The Balaban J connectivity index is 1.75. The topological polar surface area (TPSA) is 21.3 Å². The van der Waals surface area contributed by atoms with E-state index in [1.54, 1.807) is 0 Å². The molecule has 2 nitrogen and oxygen atoms in total. The second kappa shape index (κ2) is 4.42. The van der Waals surface area contributed by atoms with E-state index in [4.69, 9.17) is 4.74 Å². The lowest BCUT2D eigenvalue weighted by molar-refractivity contribution is 0.0764. The summed E-state index contributed by atoms with van der Waals surface area (Å²) >= 11 is 2.10. The van der Waals surface area contributed by atoms with Gasteiger partial charge in [0.15, 0.2) is 0 Å². The van der Waals surface area contributed by atoms with E-state index in [0.29, 0.717) is 6.23 Å². The van der Waals surface area contributed by atoms with E-state index in [0.717, 1.165) is 12.5 Å². The number of rotatable bonds is 2. The van der Waals surface area contributed by atoms with Gasteiger partial charge in [-0.25, -0.2) is 0 Å². The van der Waals surface area contributed by atoms with Gasteiger partial charge in [-0.15, -0.1) is 0 Å². The molecule has 0 bridgehead atoms. The Hall–Kier alpha value is 0.270. The lowest BCUT2D eigenvalue weighted by Crippen LogP contribution is -2.39. The van der Waals surface area contributed by atoms with Crippen molar-refractivity contribution >= 4 is 11.8 Å². The van der Waals surface area contributed by atoms with E-state index in [1.807, 2.05) is 0 Å². The fourth-order valence-electron chi connectivity index (χ4n) is 2.24. The van der Waals surface area contributed by atoms with Gasteiger partial charge < -0.3 is 4.74 Å². The number of ether oxygens (including phenoxy) is 1. The van der Waals surface area contributed by atoms with E-state index in [-0.39, 0.29) is 5.54 Å². The zero-order chi connectivity index (χ0) is 10.0. The van der Waals surface area contributed by atoms with E-state index in [1.165, 1.54) is 30.8 Å². The van der Waals surface area contributed by atoms with Crippen LogP contribution in [-0.2, 0) is 4.74 Å². The monoisotopic (exact) mass is 215 g/mol. The molecule has 0 aliphatic carbocycles. The Morgan fingerprint density at radius 1 is 1.36 bits per heavy atom. The molecule has 0 aromatic rings. The summed E-state index contributed by atoms with van der Waals surface area (Å²) in [6.45, 7) is 5.28. The van der Waals surface area contributed by atoms with Crippen molar-refractivity contribution in [1.29, 1.82) is 0 Å². The lowest BCUT2D eigenvalue weighted by atomic mass is 9.97. The summed E-state index contributed by atoms with van der Waals surface area (Å²) in [7, 11) is 0. The summed E-state index contributed by atoms with van der Waals surface area (Å²) in [5.74, 6) is 3.59. The molecule has 0 saturated carbocycles. The molecule has 1 N–H and O–H groups in total. The van der Waals surface area contributed by atoms with Crippen LogP contribution >= 0.6 is 11.8 Å². The average Bonchev–Trinajstić information content (AvgIpc) is 2.47. The van der Waals surface area contributed by atoms with Crippen molar-refractivity contribution in [2.45, 2.75) is 44.9 Å². The minimum Gasteiger partial charge on any atom is -0.361 e. The third-order valence-corrected chi connectivity index (χ3v) is 4.13. The molecule has 0 aromatic carbocycles. The predicted octanol–water partition coefficient (Wildman–Crippen LogP) is 2.24. The van der Waals surface area contributed by atoms with Crippen LogP contribution in [0.1, 0.15) is 33.1 Å². The first kappa shape index (κ1) is 10.8. The molecule has 2 aliphatic rings. The maximum absolute atomic E-state index is 5.75. The van der Waals surface area contributed by atoms with Gasteiger partial charge in [0, 0.05) is 5.54 Å². The smallest absolute Gasteiger partial charge is 0.108 e. The molecule has 0 aromatic heterocycles. The lowest BCUT2D eigenvalue weighted by Gasteiger charge is -2.24. The van der Waals surface area contributed by atoms with Gasteiger partial charge in [0.25, 0.3) is 0 Å². The van der Waals surface area contributed by atoms with Gasteiger partial charge in [-0.05, 0) is 50.5 Å². The number of nitrogens with one attached hydrogen (secondary N) is 1. The molecule has 14 heavy (non-hydrogen) atoms. The van der Waals surface area contributed by atoms with Crippen LogP contribution in [0.25, 0.3) is 0 Å². The molecule has 82 valence electrons. The maximum atomic E-state index is 5.75. The first-order valence-electron chi connectivity index (χ1n) is 5.63. The van der Waals surface area contributed by atoms with Crippen LogP contribution in [0.3, 0.4) is 0 Å². The van der Waals surface area contributed by atoms with E-state index in [9.17, 15) is 0 Å². The first-order valence-corrected chi connectivity index (χ1v) is 6.78. The highest BCUT2D eigenvalue weighted by Crippen LogP contribution is 2.28. The van der Waals surface area contributed by atoms with Gasteiger partial charge in [-0.3, -0.25) is 5.32 Å². The second-order valence-electron chi connectivity index (χ2n) is 5.12. The highest BCUT2D eigenvalue weighted by atomic mass is 32.2. The van der Waals surface area contributed by atoms with Gasteiger partial charge in [0.05, 0.1) is 6.61 Å². The van der Waals surface area contributed by atoms with Crippen LogP contribution in [0, 0.1) is 5.92 Å². The second-order valence-corrected chi connectivity index (χ2v) is 6.34. The van der Waals surface area contributed by atoms with Crippen LogP contribution in [-0.4, -0.2) is 29.9 Å². The molecule has 2 rings (SSSR count). The maximum Gasteiger partial charge on any atom is 0.108 e. The molecule has 0 amide bonds. The van der Waals surface area contributed by atoms with Crippen LogP contribution in [0.5, 0.6) is 0 Å². The van der Waals surface area contributed by atoms with Crippen molar-refractivity contribution in [1.82, 2.24) is 5.32 Å². The number of hydrogen-bond donors (Lipinski definition) is 1. The van der Waals surface area contributed by atoms with Crippen molar-refractivity contribution in [3.05, 3.63) is 0 Å². The SMILES string of the molecule is CC1(C)COC(CC2CCSCC2)N1. The molecule has 0 spiro atoms. The molecular weight excluding hydrogens is 194 g/mol. The summed E-state index contributed by atoms with van der Waals surface area (Å²) in [5.41, 5.74) is 0.189. The summed E-state index contributed by atoms with van der Waals surface area (Å²) in [4.78, 5) is 0. The summed E-state index contributed by atoms with van der Waals surface area (Å²) in [6.07, 6.45) is 4.29. The highest BCUT2D eigenvalue weighted by Gasteiger charge is 2.32.